The molecule has 0 aliphatic heterocycles. The quantitative estimate of drug-likeness (QED) is 0.289. The van der Waals surface area contributed by atoms with Gasteiger partial charge in [-0.1, -0.05) is 0 Å². The van der Waals surface area contributed by atoms with Gasteiger partial charge in [0.15, 0.2) is 0 Å². The molecule has 17 heavy (non-hydrogen) atoms. The average Bonchev–Trinajstić information content (AvgIpc) is 1.67. The first-order valence-corrected chi connectivity index (χ1v) is 29.2. The van der Waals surface area contributed by atoms with Crippen LogP contribution in [0.3, 0.4) is 0 Å². The van der Waals surface area contributed by atoms with Crippen molar-refractivity contribution >= 4 is 151 Å². The van der Waals surface area contributed by atoms with Gasteiger partial charge in [-0.3, -0.25) is 0 Å². The third-order valence-electron chi connectivity index (χ3n) is 1.93. The fourth-order valence-electron chi connectivity index (χ4n) is 1.23. The molecular formula is CH3Cl11Si5. The summed E-state index contributed by atoms with van der Waals surface area (Å²) in [6.07, 6.45) is -6.89. The van der Waals surface area contributed by atoms with Crippen LogP contribution in [0.1, 0.15) is 0 Å². The molecule has 0 aliphatic carbocycles. The van der Waals surface area contributed by atoms with Crippen LogP contribution in [0.2, 0.25) is 6.55 Å². The van der Waals surface area contributed by atoms with Crippen LogP contribution in [-0.2, 0) is 0 Å². The Morgan fingerprint density at radius 2 is 0.647 bits per heavy atom. The van der Waals surface area contributed by atoms with E-state index in [1.165, 1.54) is 6.55 Å². The standard InChI is InChI=1S/CH3Cl11Si5/c1-13(2,3)17(14(4,5)6,15(7,8)9)16(10,11)12/h1H3. The van der Waals surface area contributed by atoms with E-state index in [1.807, 2.05) is 0 Å². The van der Waals surface area contributed by atoms with Crippen molar-refractivity contribution in [2.45, 2.75) is 6.55 Å². The molecule has 0 unspecified atom stereocenters. The molecule has 0 aromatic heterocycles. The van der Waals surface area contributed by atoms with E-state index in [0.717, 1.165) is 0 Å². The maximum atomic E-state index is 6.22. The van der Waals surface area contributed by atoms with Crippen LogP contribution >= 0.6 is 122 Å². The van der Waals surface area contributed by atoms with Crippen LogP contribution < -0.4 is 0 Å². The monoisotopic (exact) mass is 540 g/mol. The minimum absolute atomic E-state index is 1.49. The largest absolute Gasteiger partial charge is 0.329 e. The van der Waals surface area contributed by atoms with Gasteiger partial charge in [-0.15, -0.1) is 99.7 Å². The van der Waals surface area contributed by atoms with E-state index in [1.54, 1.807) is 0 Å². The molecule has 0 aromatic carbocycles. The van der Waals surface area contributed by atoms with Crippen molar-refractivity contribution in [3.63, 3.8) is 0 Å². The Balaban J connectivity index is 6.37. The third-order valence-corrected chi connectivity index (χ3v) is 136. The molecule has 0 bridgehead atoms. The zero-order valence-corrected chi connectivity index (χ0v) is 21.0. The van der Waals surface area contributed by atoms with E-state index in [4.69, 9.17) is 122 Å². The number of halogens is 11. The lowest BCUT2D eigenvalue weighted by atomic mass is 11.9. The van der Waals surface area contributed by atoms with Crippen molar-refractivity contribution in [3.05, 3.63) is 0 Å². The highest BCUT2D eigenvalue weighted by Gasteiger charge is 2.85. The van der Waals surface area contributed by atoms with Gasteiger partial charge < -0.3 is 0 Å². The molecule has 0 nitrogen and oxygen atoms in total. The zero-order valence-electron chi connectivity index (χ0n) is 7.66. The highest BCUT2D eigenvalue weighted by Crippen LogP contribution is 2.57. The second kappa shape index (κ2) is 6.41. The molecule has 0 saturated heterocycles. The van der Waals surface area contributed by atoms with E-state index in [2.05, 4.69) is 0 Å². The Bertz CT molecular complexity index is 213. The van der Waals surface area contributed by atoms with Crippen LogP contribution in [0.25, 0.3) is 0 Å². The summed E-state index contributed by atoms with van der Waals surface area (Å²) in [6.45, 7) is 1.49. The third kappa shape index (κ3) is 4.17. The topological polar surface area (TPSA) is 0 Å². The maximum Gasteiger partial charge on any atom is 0.329 e. The molecule has 0 heterocycles. The van der Waals surface area contributed by atoms with Gasteiger partial charge in [0.1, 0.15) is 0 Å². The van der Waals surface area contributed by atoms with Gasteiger partial charge >= 0.3 is 16.6 Å². The van der Waals surface area contributed by atoms with E-state index in [9.17, 15) is 0 Å². The van der Waals surface area contributed by atoms with Gasteiger partial charge in [-0.2, -0.15) is 22.2 Å². The SMILES string of the molecule is C[Si](Cl)(Cl)[Si]([Si](Cl)(Cl)Cl)([Si](Cl)(Cl)Cl)[Si](Cl)(Cl)Cl. The van der Waals surface area contributed by atoms with Gasteiger partial charge in [0.05, 0.1) is 0 Å². The second-order valence-electron chi connectivity index (χ2n) is 3.13. The fourth-order valence-corrected chi connectivity index (χ4v) is 230. The van der Waals surface area contributed by atoms with E-state index < -0.39 is 28.9 Å². The summed E-state index contributed by atoms with van der Waals surface area (Å²) < 4.78 is 0. The van der Waals surface area contributed by atoms with E-state index in [-0.39, 0.29) is 0 Å². The van der Waals surface area contributed by atoms with Crippen molar-refractivity contribution < 1.29 is 0 Å². The van der Waals surface area contributed by atoms with Crippen LogP contribution in [-0.4, -0.2) is 28.9 Å². The molecule has 0 amide bonds. The summed E-state index contributed by atoms with van der Waals surface area (Å²) >= 11 is 67.1. The summed E-state index contributed by atoms with van der Waals surface area (Å²) in [7, 11) is 0. The van der Waals surface area contributed by atoms with Crippen LogP contribution in [0.15, 0.2) is 0 Å². The van der Waals surface area contributed by atoms with Gasteiger partial charge in [-0.05, 0) is 6.55 Å². The minimum atomic E-state index is -3.66. The molecule has 0 aliphatic rings. The molecule has 0 N–H and O–H groups in total. The molecule has 104 valence electrons. The highest BCUT2D eigenvalue weighted by molar-refractivity contribution is 8.41. The fraction of sp³-hybridized carbons (Fsp3) is 1.00. The predicted octanol–water partition coefficient (Wildman–Crippen LogP) is 6.26. The van der Waals surface area contributed by atoms with Gasteiger partial charge in [0.25, 0.3) is 0 Å². The Hall–Kier alpha value is 4.27. The van der Waals surface area contributed by atoms with Crippen LogP contribution in [0, 0.1) is 0 Å². The molecule has 0 aromatic rings. The summed E-state index contributed by atoms with van der Waals surface area (Å²) in [6, 6.07) is 0. The van der Waals surface area contributed by atoms with Crippen molar-refractivity contribution in [2.75, 3.05) is 0 Å². The summed E-state index contributed by atoms with van der Waals surface area (Å²) in [5, 5.41) is 0. The molecule has 0 saturated carbocycles. The number of hydrogen-bond acceptors (Lipinski definition) is 0. The first kappa shape index (κ1) is 21.3. The average molecular weight is 545 g/mol. The minimum Gasteiger partial charge on any atom is -0.150 e. The molecule has 16 heteroatoms. The number of hydrogen-bond donors (Lipinski definition) is 0. The number of rotatable bonds is 4. The maximum absolute atomic E-state index is 6.22. The normalized spacial score (nSPS) is 16.2. The van der Waals surface area contributed by atoms with Crippen molar-refractivity contribution in [3.8, 4) is 0 Å². The van der Waals surface area contributed by atoms with Crippen LogP contribution in [0.4, 0.5) is 0 Å². The van der Waals surface area contributed by atoms with E-state index >= 15 is 0 Å². The van der Waals surface area contributed by atoms with Gasteiger partial charge in [0.2, 0.25) is 12.4 Å². The molecule has 0 rings (SSSR count). The van der Waals surface area contributed by atoms with Gasteiger partial charge in [-0.25, -0.2) is 0 Å². The first-order chi connectivity index (χ1) is 7.00. The Kier molecular flexibility index (Phi) is 8.02. The molecule has 0 atom stereocenters. The lowest BCUT2D eigenvalue weighted by Crippen LogP contribution is -2.85. The smallest absolute Gasteiger partial charge is 0.150 e. The molecule has 0 spiro atoms. The lowest BCUT2D eigenvalue weighted by molar-refractivity contribution is 2.29. The highest BCUT2D eigenvalue weighted by atomic mass is 35.9. The van der Waals surface area contributed by atoms with Crippen molar-refractivity contribution in [1.29, 1.82) is 0 Å². The van der Waals surface area contributed by atoms with Crippen LogP contribution in [0.5, 0.6) is 0 Å². The van der Waals surface area contributed by atoms with E-state index in [0.29, 0.717) is 0 Å². The molecular weight excluding hydrogens is 542 g/mol. The van der Waals surface area contributed by atoms with Crippen molar-refractivity contribution in [1.82, 2.24) is 0 Å². The summed E-state index contributed by atoms with van der Waals surface area (Å²) in [4.78, 5) is 0. The predicted molar refractivity (Wildman–Crippen MR) is 99.0 cm³/mol. The Morgan fingerprint density at radius 1 is 0.471 bits per heavy atom. The molecule has 0 fully saturated rings. The summed E-state index contributed by atoms with van der Waals surface area (Å²) in [5.41, 5.74) is -11.0. The molecule has 0 radical (unpaired) electrons. The first-order valence-electron chi connectivity index (χ1n) is 3.58. The summed E-state index contributed by atoms with van der Waals surface area (Å²) in [5.74, 6) is 0. The zero-order chi connectivity index (χ0) is 14.5. The van der Waals surface area contributed by atoms with Gasteiger partial charge in [0, 0.05) is 0 Å². The lowest BCUT2D eigenvalue weighted by Gasteiger charge is -2.46. The Labute approximate surface area is 155 Å². The van der Waals surface area contributed by atoms with Crippen molar-refractivity contribution in [2.24, 2.45) is 0 Å². The second-order valence-corrected chi connectivity index (χ2v) is 73.3. The Morgan fingerprint density at radius 3 is 0.647 bits per heavy atom.